The van der Waals surface area contributed by atoms with Crippen LogP contribution in [0.25, 0.3) is 10.4 Å². The quantitative estimate of drug-likeness (QED) is 0.181. The third-order valence-corrected chi connectivity index (χ3v) is 5.90. The topological polar surface area (TPSA) is 117 Å². The number of hydrogen-bond donors (Lipinski definition) is 0. The fourth-order valence-corrected chi connectivity index (χ4v) is 4.22. The second-order valence-electron chi connectivity index (χ2n) is 5.83. The number of hydrogen-bond acceptors (Lipinski definition) is 5. The smallest absolute Gasteiger partial charge is 0.188 e. The third-order valence-electron chi connectivity index (χ3n) is 3.72. The Bertz CT molecular complexity index is 782. The number of benzene rings is 1. The number of azide groups is 1. The minimum Gasteiger partial charge on any atom is -0.300 e. The van der Waals surface area contributed by atoms with Crippen molar-refractivity contribution in [1.29, 1.82) is 0 Å². The highest BCUT2D eigenvalue weighted by atomic mass is 32.2. The van der Waals surface area contributed by atoms with Crippen molar-refractivity contribution < 1.29 is 18.0 Å². The molecule has 1 aromatic carbocycles. The van der Waals surface area contributed by atoms with Gasteiger partial charge in [-0.25, -0.2) is 8.42 Å². The molecular formula is C18H23N3O4S. The summed E-state index contributed by atoms with van der Waals surface area (Å²) in [4.78, 5) is 26.2. The molecule has 0 aliphatic heterocycles. The summed E-state index contributed by atoms with van der Waals surface area (Å²) in [5.41, 5.74) is 8.33. The summed E-state index contributed by atoms with van der Waals surface area (Å²) in [5.74, 6) is -0.350. The summed E-state index contributed by atoms with van der Waals surface area (Å²) < 4.78 is 25.7. The van der Waals surface area contributed by atoms with Crippen molar-refractivity contribution in [3.05, 3.63) is 52.9 Å². The van der Waals surface area contributed by atoms with Crippen molar-refractivity contribution in [3.63, 3.8) is 0 Å². The fraction of sp³-hybridized carbons (Fsp3) is 0.444. The zero-order valence-corrected chi connectivity index (χ0v) is 15.6. The van der Waals surface area contributed by atoms with Crippen LogP contribution in [0, 0.1) is 0 Å². The Hall–Kier alpha value is -2.44. The van der Waals surface area contributed by atoms with Crippen LogP contribution in [0.5, 0.6) is 0 Å². The van der Waals surface area contributed by atoms with Gasteiger partial charge in [0.2, 0.25) is 0 Å². The lowest BCUT2D eigenvalue weighted by molar-refractivity contribution is -0.118. The molecule has 8 heteroatoms. The third kappa shape index (κ3) is 7.21. The Morgan fingerprint density at radius 1 is 1.23 bits per heavy atom. The van der Waals surface area contributed by atoms with E-state index in [-0.39, 0.29) is 35.8 Å². The molecular weight excluding hydrogens is 354 g/mol. The predicted molar refractivity (Wildman–Crippen MR) is 99.3 cm³/mol. The highest BCUT2D eigenvalue weighted by molar-refractivity contribution is 7.92. The normalized spacial score (nSPS) is 12.5. The summed E-state index contributed by atoms with van der Waals surface area (Å²) in [6.07, 6.45) is 4.56. The molecule has 0 aliphatic carbocycles. The van der Waals surface area contributed by atoms with Gasteiger partial charge in [0.1, 0.15) is 11.0 Å². The standard InChI is InChI=1S/C18H23N3O4S/c1-15(22)9-4-2-7-12-17(23)18(13-8-14-20-21-19)26(24,25)16-10-5-3-6-11-16/h2-6,10-11,18H,7-9,12-14H2,1H3. The van der Waals surface area contributed by atoms with Crippen molar-refractivity contribution in [2.75, 3.05) is 6.54 Å². The number of rotatable bonds is 12. The molecule has 1 atom stereocenters. The van der Waals surface area contributed by atoms with Crippen LogP contribution in [0.3, 0.4) is 0 Å². The van der Waals surface area contributed by atoms with Crippen LogP contribution in [0.15, 0.2) is 52.5 Å². The first-order valence-electron chi connectivity index (χ1n) is 8.36. The molecule has 7 nitrogen and oxygen atoms in total. The van der Waals surface area contributed by atoms with Gasteiger partial charge in [0.15, 0.2) is 15.6 Å². The maximum atomic E-state index is 12.8. The Morgan fingerprint density at radius 3 is 2.54 bits per heavy atom. The van der Waals surface area contributed by atoms with Crippen molar-refractivity contribution in [2.24, 2.45) is 5.11 Å². The highest BCUT2D eigenvalue weighted by Gasteiger charge is 2.32. The fourth-order valence-electron chi connectivity index (χ4n) is 2.41. The van der Waals surface area contributed by atoms with Gasteiger partial charge in [-0.15, -0.1) is 0 Å². The van der Waals surface area contributed by atoms with Crippen LogP contribution < -0.4 is 0 Å². The Balaban J connectivity index is 2.86. The van der Waals surface area contributed by atoms with E-state index in [2.05, 4.69) is 10.0 Å². The van der Waals surface area contributed by atoms with Gasteiger partial charge in [-0.3, -0.25) is 9.59 Å². The summed E-state index contributed by atoms with van der Waals surface area (Å²) in [5, 5.41) is 2.23. The molecule has 26 heavy (non-hydrogen) atoms. The first-order valence-corrected chi connectivity index (χ1v) is 9.91. The van der Waals surface area contributed by atoms with Crippen LogP contribution in [0.2, 0.25) is 0 Å². The molecule has 0 bridgehead atoms. The minimum absolute atomic E-state index is 0.0233. The molecule has 0 saturated carbocycles. The lowest BCUT2D eigenvalue weighted by atomic mass is 10.1. The number of allylic oxidation sites excluding steroid dienone is 2. The SMILES string of the molecule is CC(=O)CC=CCCC(=O)C(CCCN=[N+]=[N-])S(=O)(=O)c1ccccc1. The van der Waals surface area contributed by atoms with Crippen molar-refractivity contribution in [1.82, 2.24) is 0 Å². The monoisotopic (exact) mass is 377 g/mol. The summed E-state index contributed by atoms with van der Waals surface area (Å²) >= 11 is 0. The van der Waals surface area contributed by atoms with E-state index in [1.807, 2.05) is 0 Å². The van der Waals surface area contributed by atoms with E-state index in [1.54, 1.807) is 30.4 Å². The van der Waals surface area contributed by atoms with E-state index in [1.165, 1.54) is 19.1 Å². The van der Waals surface area contributed by atoms with Gasteiger partial charge in [-0.2, -0.15) is 0 Å². The van der Waals surface area contributed by atoms with Gasteiger partial charge in [0, 0.05) is 24.3 Å². The van der Waals surface area contributed by atoms with Gasteiger partial charge < -0.3 is 0 Å². The second kappa shape index (κ2) is 11.2. The van der Waals surface area contributed by atoms with E-state index in [4.69, 9.17) is 5.53 Å². The van der Waals surface area contributed by atoms with Gasteiger partial charge in [0.25, 0.3) is 0 Å². The number of nitrogens with zero attached hydrogens (tertiary/aromatic N) is 3. The number of carbonyl (C=O) groups excluding carboxylic acids is 2. The molecule has 0 aliphatic rings. The summed E-state index contributed by atoms with van der Waals surface area (Å²) in [7, 11) is -3.81. The molecule has 0 saturated heterocycles. The van der Waals surface area contributed by atoms with Crippen LogP contribution in [-0.2, 0) is 19.4 Å². The zero-order valence-electron chi connectivity index (χ0n) is 14.7. The average molecular weight is 377 g/mol. The minimum atomic E-state index is -3.81. The molecule has 0 amide bonds. The molecule has 0 fully saturated rings. The Kier molecular flexibility index (Phi) is 9.33. The average Bonchev–Trinajstić information content (AvgIpc) is 2.61. The van der Waals surface area contributed by atoms with Gasteiger partial charge in [-0.1, -0.05) is 35.5 Å². The maximum absolute atomic E-state index is 12.8. The maximum Gasteiger partial charge on any atom is 0.188 e. The van der Waals surface area contributed by atoms with Crippen LogP contribution in [0.4, 0.5) is 0 Å². The number of carbonyl (C=O) groups is 2. The number of ketones is 2. The van der Waals surface area contributed by atoms with Gasteiger partial charge in [-0.05, 0) is 43.9 Å². The molecule has 0 spiro atoms. The Labute approximate surface area is 153 Å². The zero-order chi connectivity index (χ0) is 19.4. The van der Waals surface area contributed by atoms with Crippen molar-refractivity contribution >= 4 is 21.4 Å². The van der Waals surface area contributed by atoms with E-state index in [9.17, 15) is 18.0 Å². The lowest BCUT2D eigenvalue weighted by Crippen LogP contribution is -2.30. The summed E-state index contributed by atoms with van der Waals surface area (Å²) in [6.45, 7) is 1.62. The number of sulfone groups is 1. The summed E-state index contributed by atoms with van der Waals surface area (Å²) in [6, 6.07) is 7.86. The van der Waals surface area contributed by atoms with Gasteiger partial charge in [0.05, 0.1) is 4.90 Å². The molecule has 1 unspecified atom stereocenters. The van der Waals surface area contributed by atoms with E-state index in [0.29, 0.717) is 19.3 Å². The number of Topliss-reactive ketones (excluding diaryl/α,β-unsaturated/α-hetero) is 2. The molecule has 0 radical (unpaired) electrons. The van der Waals surface area contributed by atoms with Crippen LogP contribution in [-0.4, -0.2) is 31.8 Å². The molecule has 0 N–H and O–H groups in total. The molecule has 1 rings (SSSR count). The largest absolute Gasteiger partial charge is 0.300 e. The first-order chi connectivity index (χ1) is 12.4. The Morgan fingerprint density at radius 2 is 1.92 bits per heavy atom. The molecule has 0 aromatic heterocycles. The van der Waals surface area contributed by atoms with Gasteiger partial charge >= 0.3 is 0 Å². The van der Waals surface area contributed by atoms with Crippen molar-refractivity contribution in [2.45, 2.75) is 49.2 Å². The molecule has 1 aromatic rings. The molecule has 140 valence electrons. The highest BCUT2D eigenvalue weighted by Crippen LogP contribution is 2.22. The predicted octanol–water partition coefficient (Wildman–Crippen LogP) is 3.80. The van der Waals surface area contributed by atoms with E-state index >= 15 is 0 Å². The van der Waals surface area contributed by atoms with Crippen LogP contribution in [0.1, 0.15) is 39.0 Å². The lowest BCUT2D eigenvalue weighted by Gasteiger charge is -2.16. The molecule has 0 heterocycles. The second-order valence-corrected chi connectivity index (χ2v) is 7.96. The first kappa shape index (κ1) is 21.6. The van der Waals surface area contributed by atoms with E-state index in [0.717, 1.165) is 0 Å². The van der Waals surface area contributed by atoms with Crippen LogP contribution >= 0.6 is 0 Å². The van der Waals surface area contributed by atoms with Crippen molar-refractivity contribution in [3.8, 4) is 0 Å². The van der Waals surface area contributed by atoms with E-state index < -0.39 is 15.1 Å².